The topological polar surface area (TPSA) is 32.3 Å². The van der Waals surface area contributed by atoms with Gasteiger partial charge in [0.1, 0.15) is 0 Å². The maximum atomic E-state index is 11.0. The van der Waals surface area contributed by atoms with Gasteiger partial charge in [-0.3, -0.25) is 4.79 Å². The summed E-state index contributed by atoms with van der Waals surface area (Å²) in [4.78, 5) is 12.6. The zero-order chi connectivity index (χ0) is 6.85. The average molecular weight is 165 g/mol. The Balaban J connectivity index is 0.000000810. The van der Waals surface area contributed by atoms with Crippen molar-refractivity contribution < 1.29 is 4.79 Å². The van der Waals surface area contributed by atoms with Crippen molar-refractivity contribution in [2.45, 2.75) is 12.5 Å². The van der Waals surface area contributed by atoms with Crippen LogP contribution in [0.2, 0.25) is 0 Å². The third-order valence-electron chi connectivity index (χ3n) is 1.56. The van der Waals surface area contributed by atoms with Crippen molar-refractivity contribution >= 4 is 18.3 Å². The molecule has 0 aromatic rings. The quantitative estimate of drug-likeness (QED) is 0.585. The molecule has 3 nitrogen and oxygen atoms in total. The molecule has 1 N–H and O–H groups in total. The number of rotatable bonds is 1. The molecule has 1 aliphatic rings. The number of carbonyl (C=O) groups is 1. The van der Waals surface area contributed by atoms with Gasteiger partial charge in [0, 0.05) is 14.1 Å². The van der Waals surface area contributed by atoms with Crippen molar-refractivity contribution in [3.05, 3.63) is 0 Å². The molecule has 0 aliphatic carbocycles. The molecule has 0 bridgehead atoms. The number of carbonyl (C=O) groups excluding carboxylic acids is 1. The van der Waals surface area contributed by atoms with Gasteiger partial charge in [0.2, 0.25) is 5.91 Å². The number of halogens is 1. The maximum absolute atomic E-state index is 11.0. The molecule has 10 heavy (non-hydrogen) atoms. The lowest BCUT2D eigenvalue weighted by Crippen LogP contribution is -2.52. The molecule has 4 heteroatoms. The van der Waals surface area contributed by atoms with E-state index in [9.17, 15) is 4.79 Å². The average Bonchev–Trinajstić information content (AvgIpc) is 1.60. The van der Waals surface area contributed by atoms with E-state index in [2.05, 4.69) is 5.32 Å². The molecule has 1 aliphatic heterocycles. The van der Waals surface area contributed by atoms with E-state index in [1.165, 1.54) is 0 Å². The molecule has 1 saturated heterocycles. The van der Waals surface area contributed by atoms with E-state index in [4.69, 9.17) is 0 Å². The number of hydrogen-bond acceptors (Lipinski definition) is 2. The van der Waals surface area contributed by atoms with Gasteiger partial charge in [0.05, 0.1) is 6.04 Å². The summed E-state index contributed by atoms with van der Waals surface area (Å²) in [6, 6.07) is 0.111. The maximum Gasteiger partial charge on any atom is 0.239 e. The summed E-state index contributed by atoms with van der Waals surface area (Å²) in [6.07, 6.45) is 0.997. The van der Waals surface area contributed by atoms with Crippen LogP contribution >= 0.6 is 12.4 Å². The minimum Gasteiger partial charge on any atom is -0.347 e. The molecule has 0 unspecified atom stereocenters. The predicted octanol–water partition coefficient (Wildman–Crippen LogP) is -0.142. The summed E-state index contributed by atoms with van der Waals surface area (Å²) in [7, 11) is 3.56. The molecule has 1 heterocycles. The Labute approximate surface area is 67.2 Å². The fraction of sp³-hybridized carbons (Fsp3) is 0.833. The molecule has 0 aromatic carbocycles. The van der Waals surface area contributed by atoms with Gasteiger partial charge in [0.25, 0.3) is 0 Å². The van der Waals surface area contributed by atoms with Crippen LogP contribution in [-0.4, -0.2) is 37.5 Å². The Hall–Kier alpha value is -0.280. The van der Waals surface area contributed by atoms with Crippen molar-refractivity contribution in [1.82, 2.24) is 10.2 Å². The highest BCUT2D eigenvalue weighted by Gasteiger charge is 2.25. The Kier molecular flexibility index (Phi) is 3.68. The number of nitrogens with one attached hydrogen (secondary N) is 1. The van der Waals surface area contributed by atoms with Gasteiger partial charge in [-0.05, 0) is 13.0 Å². The van der Waals surface area contributed by atoms with Crippen LogP contribution in [0.4, 0.5) is 0 Å². The Morgan fingerprint density at radius 3 is 2.20 bits per heavy atom. The minimum absolute atomic E-state index is 0. The van der Waals surface area contributed by atoms with Gasteiger partial charge in [-0.2, -0.15) is 0 Å². The first-order chi connectivity index (χ1) is 4.22. The van der Waals surface area contributed by atoms with E-state index in [1.807, 2.05) is 0 Å². The number of likely N-dealkylation sites (N-methyl/N-ethyl adjacent to an activating group) is 1. The zero-order valence-corrected chi connectivity index (χ0v) is 7.07. The van der Waals surface area contributed by atoms with Gasteiger partial charge in [-0.25, -0.2) is 0 Å². The van der Waals surface area contributed by atoms with Gasteiger partial charge in [-0.15, -0.1) is 12.4 Å². The summed E-state index contributed by atoms with van der Waals surface area (Å²) in [6.45, 7) is 0.990. The van der Waals surface area contributed by atoms with Gasteiger partial charge in [0.15, 0.2) is 0 Å². The molecule has 1 fully saturated rings. The molecule has 60 valence electrons. The predicted molar refractivity (Wildman–Crippen MR) is 42.3 cm³/mol. The van der Waals surface area contributed by atoms with Crippen molar-refractivity contribution in [3.8, 4) is 0 Å². The van der Waals surface area contributed by atoms with E-state index in [-0.39, 0.29) is 24.4 Å². The summed E-state index contributed by atoms with van der Waals surface area (Å²) in [5.41, 5.74) is 0. The van der Waals surface area contributed by atoms with Gasteiger partial charge >= 0.3 is 0 Å². The van der Waals surface area contributed by atoms with Crippen molar-refractivity contribution in [3.63, 3.8) is 0 Å². The first kappa shape index (κ1) is 9.72. The van der Waals surface area contributed by atoms with E-state index in [1.54, 1.807) is 19.0 Å². The first-order valence-electron chi connectivity index (χ1n) is 3.16. The lowest BCUT2D eigenvalue weighted by atomic mass is 10.1. The third-order valence-corrected chi connectivity index (χ3v) is 1.56. The fourth-order valence-corrected chi connectivity index (χ4v) is 0.811. The Morgan fingerprint density at radius 2 is 2.10 bits per heavy atom. The fourth-order valence-electron chi connectivity index (χ4n) is 0.811. The van der Waals surface area contributed by atoms with E-state index in [0.29, 0.717) is 0 Å². The second kappa shape index (κ2) is 3.78. The van der Waals surface area contributed by atoms with Crippen LogP contribution in [0.1, 0.15) is 6.42 Å². The molecule has 0 saturated carbocycles. The van der Waals surface area contributed by atoms with Crippen LogP contribution in [0.3, 0.4) is 0 Å². The summed E-state index contributed by atoms with van der Waals surface area (Å²) < 4.78 is 0. The number of amides is 1. The van der Waals surface area contributed by atoms with Crippen LogP contribution < -0.4 is 5.32 Å². The summed E-state index contributed by atoms with van der Waals surface area (Å²) in [5.74, 6) is 0.196. The second-order valence-electron chi connectivity index (χ2n) is 2.53. The summed E-state index contributed by atoms with van der Waals surface area (Å²) >= 11 is 0. The molecule has 0 spiro atoms. The van der Waals surface area contributed by atoms with Crippen LogP contribution in [0.25, 0.3) is 0 Å². The Morgan fingerprint density at radius 1 is 1.60 bits per heavy atom. The molecule has 1 rings (SSSR count). The van der Waals surface area contributed by atoms with E-state index >= 15 is 0 Å². The molecule has 0 aromatic heterocycles. The molecular weight excluding hydrogens is 152 g/mol. The normalized spacial score (nSPS) is 22.4. The van der Waals surface area contributed by atoms with Crippen LogP contribution in [0, 0.1) is 0 Å². The molecular formula is C6H13ClN2O. The standard InChI is InChI=1S/C6H12N2O.ClH/c1-8(2)6(9)5-3-4-7-5;/h5,7H,3-4H2,1-2H3;1H/t5-;/m0./s1. The van der Waals surface area contributed by atoms with Crippen LogP contribution in [0.5, 0.6) is 0 Å². The minimum atomic E-state index is 0. The first-order valence-corrected chi connectivity index (χ1v) is 3.16. The van der Waals surface area contributed by atoms with Crippen molar-refractivity contribution in [2.75, 3.05) is 20.6 Å². The highest BCUT2D eigenvalue weighted by molar-refractivity contribution is 5.85. The van der Waals surface area contributed by atoms with E-state index < -0.39 is 0 Å². The second-order valence-corrected chi connectivity index (χ2v) is 2.53. The van der Waals surface area contributed by atoms with Gasteiger partial charge in [-0.1, -0.05) is 0 Å². The number of nitrogens with zero attached hydrogens (tertiary/aromatic N) is 1. The zero-order valence-electron chi connectivity index (χ0n) is 6.26. The van der Waals surface area contributed by atoms with E-state index in [0.717, 1.165) is 13.0 Å². The van der Waals surface area contributed by atoms with Crippen molar-refractivity contribution in [2.24, 2.45) is 0 Å². The van der Waals surface area contributed by atoms with Crippen LogP contribution in [-0.2, 0) is 4.79 Å². The van der Waals surface area contributed by atoms with Crippen LogP contribution in [0.15, 0.2) is 0 Å². The lowest BCUT2D eigenvalue weighted by molar-refractivity contribution is -0.132. The van der Waals surface area contributed by atoms with Crippen molar-refractivity contribution in [1.29, 1.82) is 0 Å². The highest BCUT2D eigenvalue weighted by atomic mass is 35.5. The molecule has 0 radical (unpaired) electrons. The smallest absolute Gasteiger partial charge is 0.239 e. The van der Waals surface area contributed by atoms with Gasteiger partial charge < -0.3 is 10.2 Å². The highest BCUT2D eigenvalue weighted by Crippen LogP contribution is 2.03. The number of hydrogen-bond donors (Lipinski definition) is 1. The SMILES string of the molecule is CN(C)C(=O)[C@@H]1CCN1.Cl. The molecule has 1 amide bonds. The third kappa shape index (κ3) is 1.85. The lowest BCUT2D eigenvalue weighted by Gasteiger charge is -2.28. The monoisotopic (exact) mass is 164 g/mol. The molecule has 1 atom stereocenters. The summed E-state index contributed by atoms with van der Waals surface area (Å²) in [5, 5.41) is 3.04. The Bertz CT molecular complexity index is 123. The largest absolute Gasteiger partial charge is 0.347 e.